The van der Waals surface area contributed by atoms with Gasteiger partial charge in [0.1, 0.15) is 6.54 Å². The molecule has 1 aromatic heterocycles. The lowest BCUT2D eigenvalue weighted by atomic mass is 10.1. The second-order valence-electron chi connectivity index (χ2n) is 4.80. The van der Waals surface area contributed by atoms with Crippen molar-refractivity contribution in [3.8, 4) is 11.3 Å². The van der Waals surface area contributed by atoms with Gasteiger partial charge in [0.2, 0.25) is 0 Å². The van der Waals surface area contributed by atoms with Crippen LogP contribution in [0.1, 0.15) is 18.1 Å². The molecule has 0 spiro atoms. The predicted octanol–water partition coefficient (Wildman–Crippen LogP) is 2.29. The highest BCUT2D eigenvalue weighted by atomic mass is 16.5. The molecule has 0 aliphatic heterocycles. The first-order chi connectivity index (χ1) is 10.5. The molecule has 0 amide bonds. The highest BCUT2D eigenvalue weighted by Gasteiger charge is 2.12. The summed E-state index contributed by atoms with van der Waals surface area (Å²) in [6.45, 7) is 5.54. The summed E-state index contributed by atoms with van der Waals surface area (Å²) in [5.74, 6) is -0.440. The maximum atomic E-state index is 11.9. The summed E-state index contributed by atoms with van der Waals surface area (Å²) in [5.41, 5.74) is 2.39. The Morgan fingerprint density at radius 3 is 2.59 bits per heavy atom. The van der Waals surface area contributed by atoms with Crippen LogP contribution in [0.25, 0.3) is 11.3 Å². The van der Waals surface area contributed by atoms with Crippen molar-refractivity contribution < 1.29 is 13.9 Å². The number of benzene rings is 1. The van der Waals surface area contributed by atoms with Gasteiger partial charge < -0.3 is 14.5 Å². The van der Waals surface area contributed by atoms with E-state index in [0.29, 0.717) is 17.9 Å². The minimum absolute atomic E-state index is 0.000715. The zero-order chi connectivity index (χ0) is 16.1. The Morgan fingerprint density at radius 2 is 1.95 bits per heavy atom. The molecule has 22 heavy (non-hydrogen) atoms. The summed E-state index contributed by atoms with van der Waals surface area (Å²) >= 11 is 0. The van der Waals surface area contributed by atoms with Crippen LogP contribution in [0.5, 0.6) is 0 Å². The Bertz CT molecular complexity index is 720. The fourth-order valence-electron chi connectivity index (χ4n) is 1.90. The van der Waals surface area contributed by atoms with Gasteiger partial charge >= 0.3 is 11.6 Å². The zero-order valence-corrected chi connectivity index (χ0v) is 12.8. The van der Waals surface area contributed by atoms with Crippen LogP contribution >= 0.6 is 0 Å². The van der Waals surface area contributed by atoms with E-state index >= 15 is 0 Å². The van der Waals surface area contributed by atoms with Gasteiger partial charge in [-0.1, -0.05) is 29.8 Å². The van der Waals surface area contributed by atoms with Gasteiger partial charge in [-0.25, -0.2) is 4.79 Å². The van der Waals surface area contributed by atoms with E-state index in [9.17, 15) is 9.59 Å². The molecule has 1 aromatic carbocycles. The number of rotatable bonds is 5. The standard InChI is InChI=1S/C16H18N2O4/c1-4-21-13(19)9-17-16-18-14(11(3)15(20)22-16)12-7-5-10(2)6-8-12/h5-8H,4,9H2,1-3H3,(H,17,18). The summed E-state index contributed by atoms with van der Waals surface area (Å²) in [6.07, 6.45) is 0. The van der Waals surface area contributed by atoms with Crippen LogP contribution in [0.15, 0.2) is 33.5 Å². The monoisotopic (exact) mass is 302 g/mol. The molecule has 0 bridgehead atoms. The van der Waals surface area contributed by atoms with Crippen molar-refractivity contribution in [1.82, 2.24) is 4.98 Å². The smallest absolute Gasteiger partial charge is 0.343 e. The Labute approximate surface area is 128 Å². The summed E-state index contributed by atoms with van der Waals surface area (Å²) in [5, 5.41) is 2.67. The maximum absolute atomic E-state index is 11.9. The van der Waals surface area contributed by atoms with Gasteiger partial charge in [0.15, 0.2) is 0 Å². The first-order valence-electron chi connectivity index (χ1n) is 6.99. The van der Waals surface area contributed by atoms with Crippen LogP contribution in [0.3, 0.4) is 0 Å². The molecular weight excluding hydrogens is 284 g/mol. The lowest BCUT2D eigenvalue weighted by molar-refractivity contribution is -0.140. The molecule has 0 unspecified atom stereocenters. The number of aryl methyl sites for hydroxylation is 1. The third kappa shape index (κ3) is 3.72. The number of carbonyl (C=O) groups excluding carboxylic acids is 1. The zero-order valence-electron chi connectivity index (χ0n) is 12.8. The number of ether oxygens (including phenoxy) is 1. The van der Waals surface area contributed by atoms with E-state index < -0.39 is 11.6 Å². The molecule has 0 radical (unpaired) electrons. The third-order valence-corrected chi connectivity index (χ3v) is 3.08. The van der Waals surface area contributed by atoms with Crippen LogP contribution < -0.4 is 10.9 Å². The van der Waals surface area contributed by atoms with E-state index in [4.69, 9.17) is 9.15 Å². The number of anilines is 1. The third-order valence-electron chi connectivity index (χ3n) is 3.08. The van der Waals surface area contributed by atoms with Gasteiger partial charge in [-0.15, -0.1) is 0 Å². The van der Waals surface area contributed by atoms with Crippen LogP contribution in [-0.4, -0.2) is 24.1 Å². The molecule has 6 heteroatoms. The Hall–Kier alpha value is -2.63. The predicted molar refractivity (Wildman–Crippen MR) is 82.8 cm³/mol. The van der Waals surface area contributed by atoms with Crippen LogP contribution in [0.4, 0.5) is 6.01 Å². The number of nitrogens with zero attached hydrogens (tertiary/aromatic N) is 1. The highest BCUT2D eigenvalue weighted by molar-refractivity contribution is 5.74. The first-order valence-corrected chi connectivity index (χ1v) is 6.99. The first kappa shape index (κ1) is 15.8. The van der Waals surface area contributed by atoms with Gasteiger partial charge in [0.05, 0.1) is 17.9 Å². The highest BCUT2D eigenvalue weighted by Crippen LogP contribution is 2.21. The molecule has 6 nitrogen and oxygen atoms in total. The van der Waals surface area contributed by atoms with E-state index in [0.717, 1.165) is 11.1 Å². The summed E-state index contributed by atoms with van der Waals surface area (Å²) in [6, 6.07) is 7.66. The molecule has 0 fully saturated rings. The molecule has 0 atom stereocenters. The average molecular weight is 302 g/mol. The van der Waals surface area contributed by atoms with Crippen LogP contribution in [-0.2, 0) is 9.53 Å². The normalized spacial score (nSPS) is 10.3. The second kappa shape index (κ2) is 6.89. The van der Waals surface area contributed by atoms with E-state index in [2.05, 4.69) is 10.3 Å². The molecular formula is C16H18N2O4. The van der Waals surface area contributed by atoms with Crippen molar-refractivity contribution >= 4 is 12.0 Å². The Balaban J connectivity index is 2.29. The van der Waals surface area contributed by atoms with E-state index in [1.807, 2.05) is 31.2 Å². The number of hydrogen-bond acceptors (Lipinski definition) is 6. The van der Waals surface area contributed by atoms with E-state index in [-0.39, 0.29) is 12.6 Å². The van der Waals surface area contributed by atoms with Crippen molar-refractivity contribution in [3.05, 3.63) is 45.8 Å². The second-order valence-corrected chi connectivity index (χ2v) is 4.80. The SMILES string of the molecule is CCOC(=O)CNc1nc(-c2ccc(C)cc2)c(C)c(=O)o1. The minimum atomic E-state index is -0.489. The fourth-order valence-corrected chi connectivity index (χ4v) is 1.90. The van der Waals surface area contributed by atoms with Gasteiger partial charge in [0.25, 0.3) is 6.01 Å². The van der Waals surface area contributed by atoms with Crippen molar-refractivity contribution in [2.75, 3.05) is 18.5 Å². The molecule has 1 N–H and O–H groups in total. The average Bonchev–Trinajstić information content (AvgIpc) is 2.49. The number of carbonyl (C=O) groups is 1. The summed E-state index contributed by atoms with van der Waals surface area (Å²) in [7, 11) is 0. The fraction of sp³-hybridized carbons (Fsp3) is 0.312. The maximum Gasteiger partial charge on any atom is 0.343 e. The molecule has 0 saturated heterocycles. The van der Waals surface area contributed by atoms with Crippen molar-refractivity contribution in [2.24, 2.45) is 0 Å². The lowest BCUT2D eigenvalue weighted by Gasteiger charge is -2.08. The topological polar surface area (TPSA) is 81.4 Å². The molecule has 2 aromatic rings. The van der Waals surface area contributed by atoms with Crippen molar-refractivity contribution in [3.63, 3.8) is 0 Å². The van der Waals surface area contributed by atoms with E-state index in [1.54, 1.807) is 13.8 Å². The van der Waals surface area contributed by atoms with Gasteiger partial charge in [-0.05, 0) is 20.8 Å². The number of nitrogens with one attached hydrogen (secondary N) is 1. The van der Waals surface area contributed by atoms with Crippen molar-refractivity contribution in [2.45, 2.75) is 20.8 Å². The number of hydrogen-bond donors (Lipinski definition) is 1. The molecule has 0 aliphatic carbocycles. The van der Waals surface area contributed by atoms with Gasteiger partial charge in [-0.2, -0.15) is 4.98 Å². The molecule has 0 aliphatic rings. The Morgan fingerprint density at radius 1 is 1.27 bits per heavy atom. The quantitative estimate of drug-likeness (QED) is 0.853. The van der Waals surface area contributed by atoms with E-state index in [1.165, 1.54) is 0 Å². The molecule has 0 saturated carbocycles. The van der Waals surface area contributed by atoms with Gasteiger partial charge in [0, 0.05) is 5.56 Å². The van der Waals surface area contributed by atoms with Crippen LogP contribution in [0.2, 0.25) is 0 Å². The number of aromatic nitrogens is 1. The Kier molecular flexibility index (Phi) is 4.93. The number of esters is 1. The summed E-state index contributed by atoms with van der Waals surface area (Å²) < 4.78 is 9.83. The minimum Gasteiger partial charge on any atom is -0.465 e. The largest absolute Gasteiger partial charge is 0.465 e. The van der Waals surface area contributed by atoms with Crippen molar-refractivity contribution in [1.29, 1.82) is 0 Å². The molecule has 116 valence electrons. The summed E-state index contributed by atoms with van der Waals surface area (Å²) in [4.78, 5) is 27.5. The van der Waals surface area contributed by atoms with Crippen LogP contribution in [0, 0.1) is 13.8 Å². The molecule has 1 heterocycles. The lowest BCUT2D eigenvalue weighted by Crippen LogP contribution is -2.19. The molecule has 2 rings (SSSR count). The van der Waals surface area contributed by atoms with Gasteiger partial charge in [-0.3, -0.25) is 4.79 Å².